The van der Waals surface area contributed by atoms with Gasteiger partial charge in [0.1, 0.15) is 0 Å². The van der Waals surface area contributed by atoms with E-state index in [1.165, 1.54) is 0 Å². The molecule has 2 aliphatic rings. The van der Waals surface area contributed by atoms with Gasteiger partial charge in [-0.25, -0.2) is 4.68 Å². The van der Waals surface area contributed by atoms with Crippen LogP contribution < -0.4 is 10.5 Å². The van der Waals surface area contributed by atoms with Crippen molar-refractivity contribution < 1.29 is 4.74 Å². The second-order valence-corrected chi connectivity index (χ2v) is 4.89. The number of aromatic nitrogens is 3. The molecule has 6 heteroatoms. The fourth-order valence-corrected chi connectivity index (χ4v) is 2.78. The molecule has 6 nitrogen and oxygen atoms in total. The van der Waals surface area contributed by atoms with E-state index in [1.54, 1.807) is 0 Å². The smallest absolute Gasteiger partial charge is 0.315 e. The highest BCUT2D eigenvalue weighted by Crippen LogP contribution is 2.34. The van der Waals surface area contributed by atoms with Crippen molar-refractivity contribution in [1.82, 2.24) is 19.7 Å². The topological polar surface area (TPSA) is 69.2 Å². The van der Waals surface area contributed by atoms with Crippen molar-refractivity contribution >= 4 is 0 Å². The molecule has 1 saturated heterocycles. The van der Waals surface area contributed by atoms with Crippen LogP contribution in [0.25, 0.3) is 0 Å². The predicted octanol–water partition coefficient (Wildman–Crippen LogP) is 0.0121. The predicted molar refractivity (Wildman–Crippen MR) is 62.7 cm³/mol. The fraction of sp³-hybridized carbons (Fsp3) is 0.818. The molecule has 3 heterocycles. The Kier molecular flexibility index (Phi) is 2.76. The average Bonchev–Trinajstić information content (AvgIpc) is 2.91. The van der Waals surface area contributed by atoms with E-state index >= 15 is 0 Å². The van der Waals surface area contributed by atoms with Crippen LogP contribution in [-0.4, -0.2) is 46.4 Å². The summed E-state index contributed by atoms with van der Waals surface area (Å²) in [6.45, 7) is 3.42. The Morgan fingerprint density at radius 2 is 2.35 bits per heavy atom. The molecule has 0 aromatic carbocycles. The summed E-state index contributed by atoms with van der Waals surface area (Å²) in [7, 11) is 2.11. The molecule has 2 N–H and O–H groups in total. The molecule has 1 aromatic rings. The maximum atomic E-state index is 5.83. The van der Waals surface area contributed by atoms with Gasteiger partial charge in [-0.1, -0.05) is 0 Å². The van der Waals surface area contributed by atoms with Crippen molar-refractivity contribution in [2.45, 2.75) is 25.4 Å². The summed E-state index contributed by atoms with van der Waals surface area (Å²) in [4.78, 5) is 6.80. The van der Waals surface area contributed by atoms with Gasteiger partial charge in [0, 0.05) is 13.0 Å². The lowest BCUT2D eigenvalue weighted by Gasteiger charge is -2.20. The van der Waals surface area contributed by atoms with E-state index in [0.717, 1.165) is 38.4 Å². The minimum absolute atomic E-state index is 0.252. The molecule has 1 fully saturated rings. The maximum Gasteiger partial charge on any atom is 0.315 e. The van der Waals surface area contributed by atoms with Crippen molar-refractivity contribution in [1.29, 1.82) is 0 Å². The molecule has 0 bridgehead atoms. The van der Waals surface area contributed by atoms with Gasteiger partial charge >= 0.3 is 6.01 Å². The number of rotatable bonds is 2. The molecule has 0 amide bonds. The number of hydrogen-bond donors (Lipinski definition) is 1. The first-order valence-electron chi connectivity index (χ1n) is 6.27. The summed E-state index contributed by atoms with van der Waals surface area (Å²) in [6, 6.07) is 0.920. The lowest BCUT2D eigenvalue weighted by atomic mass is 10.0. The molecule has 0 radical (unpaired) electrons. The number of aryl methyl sites for hydroxylation is 1. The van der Waals surface area contributed by atoms with Crippen molar-refractivity contribution in [3.8, 4) is 6.01 Å². The first-order valence-corrected chi connectivity index (χ1v) is 6.27. The van der Waals surface area contributed by atoms with Gasteiger partial charge in [0.05, 0.1) is 12.6 Å². The van der Waals surface area contributed by atoms with Crippen LogP contribution in [0.2, 0.25) is 0 Å². The first kappa shape index (κ1) is 11.0. The highest BCUT2D eigenvalue weighted by Gasteiger charge is 2.35. The lowest BCUT2D eigenvalue weighted by molar-refractivity contribution is 0.221. The van der Waals surface area contributed by atoms with Crippen LogP contribution >= 0.6 is 0 Å². The summed E-state index contributed by atoms with van der Waals surface area (Å²) in [5.74, 6) is 1.34. The quantitative estimate of drug-likeness (QED) is 0.785. The van der Waals surface area contributed by atoms with Crippen LogP contribution in [0.4, 0.5) is 0 Å². The zero-order valence-electron chi connectivity index (χ0n) is 10.2. The number of hydrogen-bond acceptors (Lipinski definition) is 5. The van der Waals surface area contributed by atoms with Gasteiger partial charge in [-0.15, -0.1) is 0 Å². The molecule has 1 aromatic heterocycles. The van der Waals surface area contributed by atoms with Gasteiger partial charge in [-0.3, -0.25) is 4.90 Å². The van der Waals surface area contributed by atoms with E-state index in [2.05, 4.69) is 22.0 Å². The minimum Gasteiger partial charge on any atom is -0.464 e. The van der Waals surface area contributed by atoms with Gasteiger partial charge in [0.15, 0.2) is 5.82 Å². The molecule has 3 rings (SSSR count). The highest BCUT2D eigenvalue weighted by molar-refractivity contribution is 5.07. The standard InChI is InChI=1S/C11H19N5O/c1-15-5-3-8(7-12)9(15)10-13-11-16(14-10)4-2-6-17-11/h8-9H,2-7,12H2,1H3. The molecule has 2 aliphatic heterocycles. The molecule has 0 aliphatic carbocycles. The average molecular weight is 237 g/mol. The Hall–Kier alpha value is -1.14. The largest absolute Gasteiger partial charge is 0.464 e. The molecule has 17 heavy (non-hydrogen) atoms. The summed E-state index contributed by atoms with van der Waals surface area (Å²) in [5.41, 5.74) is 5.83. The van der Waals surface area contributed by atoms with Crippen molar-refractivity contribution in [3.63, 3.8) is 0 Å². The molecule has 94 valence electrons. The Balaban J connectivity index is 1.89. The van der Waals surface area contributed by atoms with Crippen molar-refractivity contribution in [2.75, 3.05) is 26.7 Å². The third kappa shape index (κ3) is 1.81. The number of likely N-dealkylation sites (tertiary alicyclic amines) is 1. The minimum atomic E-state index is 0.252. The third-order valence-electron chi connectivity index (χ3n) is 3.74. The second-order valence-electron chi connectivity index (χ2n) is 4.89. The van der Waals surface area contributed by atoms with Gasteiger partial charge in [-0.05, 0) is 32.5 Å². The maximum absolute atomic E-state index is 5.83. The van der Waals surface area contributed by atoms with Crippen LogP contribution in [0.3, 0.4) is 0 Å². The zero-order valence-corrected chi connectivity index (χ0v) is 10.2. The summed E-state index contributed by atoms with van der Waals surface area (Å²) >= 11 is 0. The van der Waals surface area contributed by atoms with Gasteiger partial charge in [0.2, 0.25) is 0 Å². The molecule has 2 unspecified atom stereocenters. The van der Waals surface area contributed by atoms with E-state index in [1.807, 2.05) is 4.68 Å². The molecular formula is C11H19N5O. The Bertz CT molecular complexity index is 381. The van der Waals surface area contributed by atoms with Crippen LogP contribution in [0.15, 0.2) is 0 Å². The molecular weight excluding hydrogens is 218 g/mol. The molecule has 0 spiro atoms. The number of nitrogens with two attached hydrogens (primary N) is 1. The van der Waals surface area contributed by atoms with Crippen LogP contribution in [0.5, 0.6) is 6.01 Å². The summed E-state index contributed by atoms with van der Waals surface area (Å²) in [6.07, 6.45) is 2.14. The van der Waals surface area contributed by atoms with Crippen LogP contribution in [-0.2, 0) is 6.54 Å². The van der Waals surface area contributed by atoms with Gasteiger partial charge in [0.25, 0.3) is 0 Å². The Morgan fingerprint density at radius 1 is 1.47 bits per heavy atom. The van der Waals surface area contributed by atoms with E-state index in [4.69, 9.17) is 10.5 Å². The van der Waals surface area contributed by atoms with Crippen LogP contribution in [0.1, 0.15) is 24.7 Å². The van der Waals surface area contributed by atoms with E-state index < -0.39 is 0 Å². The first-order chi connectivity index (χ1) is 8.29. The fourth-order valence-electron chi connectivity index (χ4n) is 2.78. The normalized spacial score (nSPS) is 29.1. The number of nitrogens with zero attached hydrogens (tertiary/aromatic N) is 4. The van der Waals surface area contributed by atoms with E-state index in [0.29, 0.717) is 18.5 Å². The van der Waals surface area contributed by atoms with Crippen LogP contribution in [0, 0.1) is 5.92 Å². The molecule has 0 saturated carbocycles. The monoisotopic (exact) mass is 237 g/mol. The molecule has 2 atom stereocenters. The number of ether oxygens (including phenoxy) is 1. The Labute approximate surface area is 101 Å². The van der Waals surface area contributed by atoms with E-state index in [9.17, 15) is 0 Å². The van der Waals surface area contributed by atoms with Gasteiger partial charge in [-0.2, -0.15) is 10.1 Å². The second kappa shape index (κ2) is 4.27. The van der Waals surface area contributed by atoms with Crippen molar-refractivity contribution in [3.05, 3.63) is 5.82 Å². The highest BCUT2D eigenvalue weighted by atomic mass is 16.5. The Morgan fingerprint density at radius 3 is 3.12 bits per heavy atom. The summed E-state index contributed by atoms with van der Waals surface area (Å²) < 4.78 is 7.38. The number of fused-ring (bicyclic) bond motifs is 1. The summed E-state index contributed by atoms with van der Waals surface area (Å²) in [5, 5.41) is 4.56. The lowest BCUT2D eigenvalue weighted by Crippen LogP contribution is -2.26. The SMILES string of the molecule is CN1CCC(CN)C1c1nc2n(n1)CCCO2. The zero-order chi connectivity index (χ0) is 11.8. The van der Waals surface area contributed by atoms with Gasteiger partial charge < -0.3 is 10.5 Å². The van der Waals surface area contributed by atoms with Crippen molar-refractivity contribution in [2.24, 2.45) is 11.7 Å². The van der Waals surface area contributed by atoms with E-state index in [-0.39, 0.29) is 6.04 Å². The third-order valence-corrected chi connectivity index (χ3v) is 3.74.